The SMILES string of the molecule is CC1C[C@H](Oc2ccc(B3OC(C)(C)C(C)(C)O3)cc2)CN1. The zero-order valence-corrected chi connectivity index (χ0v) is 14.2. The molecule has 2 atom stereocenters. The van der Waals surface area contributed by atoms with Crippen LogP contribution >= 0.6 is 0 Å². The van der Waals surface area contributed by atoms with Crippen molar-refractivity contribution in [2.24, 2.45) is 0 Å². The van der Waals surface area contributed by atoms with Gasteiger partial charge in [-0.3, -0.25) is 0 Å². The molecule has 0 spiro atoms. The minimum absolute atomic E-state index is 0.262. The van der Waals surface area contributed by atoms with Gasteiger partial charge in [-0.1, -0.05) is 12.1 Å². The molecule has 0 amide bonds. The molecule has 0 aliphatic carbocycles. The topological polar surface area (TPSA) is 39.7 Å². The normalized spacial score (nSPS) is 29.8. The van der Waals surface area contributed by atoms with Crippen LogP contribution in [0.4, 0.5) is 0 Å². The zero-order valence-electron chi connectivity index (χ0n) is 14.2. The summed E-state index contributed by atoms with van der Waals surface area (Å²) in [6, 6.07) is 8.60. The van der Waals surface area contributed by atoms with Crippen LogP contribution in [0.1, 0.15) is 41.0 Å². The van der Waals surface area contributed by atoms with Gasteiger partial charge in [-0.25, -0.2) is 0 Å². The summed E-state index contributed by atoms with van der Waals surface area (Å²) in [7, 11) is -0.313. The maximum atomic E-state index is 6.06. The predicted molar refractivity (Wildman–Crippen MR) is 88.7 cm³/mol. The third kappa shape index (κ3) is 3.03. The molecule has 1 unspecified atom stereocenters. The Bertz CT molecular complexity index is 513. The Labute approximate surface area is 133 Å². The molecule has 4 nitrogen and oxygen atoms in total. The van der Waals surface area contributed by atoms with Gasteiger partial charge in [-0.15, -0.1) is 0 Å². The first-order valence-electron chi connectivity index (χ1n) is 8.12. The fourth-order valence-electron chi connectivity index (χ4n) is 2.86. The summed E-state index contributed by atoms with van der Waals surface area (Å²) >= 11 is 0. The monoisotopic (exact) mass is 303 g/mol. The summed E-state index contributed by atoms with van der Waals surface area (Å²) < 4.78 is 18.1. The highest BCUT2D eigenvalue weighted by atomic mass is 16.7. The lowest BCUT2D eigenvalue weighted by Crippen LogP contribution is -2.41. The first-order valence-corrected chi connectivity index (χ1v) is 8.12. The van der Waals surface area contributed by atoms with Crippen LogP contribution in [0.3, 0.4) is 0 Å². The van der Waals surface area contributed by atoms with Gasteiger partial charge < -0.3 is 19.4 Å². The van der Waals surface area contributed by atoms with Gasteiger partial charge in [0.05, 0.1) is 11.2 Å². The van der Waals surface area contributed by atoms with E-state index in [9.17, 15) is 0 Å². The fourth-order valence-corrected chi connectivity index (χ4v) is 2.86. The minimum atomic E-state index is -0.313. The second kappa shape index (κ2) is 5.55. The van der Waals surface area contributed by atoms with E-state index in [0.29, 0.717) is 6.04 Å². The molecular formula is C17H26BNO3. The summed E-state index contributed by atoms with van der Waals surface area (Å²) in [5.41, 5.74) is 0.417. The van der Waals surface area contributed by atoms with Gasteiger partial charge >= 0.3 is 7.12 Å². The highest BCUT2D eigenvalue weighted by Gasteiger charge is 2.51. The summed E-state index contributed by atoms with van der Waals surface area (Å²) in [6.07, 6.45) is 1.32. The van der Waals surface area contributed by atoms with Crippen LogP contribution in [0.2, 0.25) is 0 Å². The van der Waals surface area contributed by atoms with Crippen LogP contribution in [-0.4, -0.2) is 37.0 Å². The average molecular weight is 303 g/mol. The largest absolute Gasteiger partial charge is 0.494 e. The molecule has 5 heteroatoms. The van der Waals surface area contributed by atoms with Gasteiger partial charge in [-0.2, -0.15) is 0 Å². The molecule has 0 aromatic heterocycles. The number of hydrogen-bond donors (Lipinski definition) is 1. The van der Waals surface area contributed by atoms with Gasteiger partial charge in [0.1, 0.15) is 11.9 Å². The molecule has 0 bridgehead atoms. The summed E-state index contributed by atoms with van der Waals surface area (Å²) in [4.78, 5) is 0. The lowest BCUT2D eigenvalue weighted by atomic mass is 9.79. The molecule has 1 N–H and O–H groups in total. The second-order valence-corrected chi connectivity index (χ2v) is 7.44. The molecular weight excluding hydrogens is 277 g/mol. The summed E-state index contributed by atoms with van der Waals surface area (Å²) in [5.74, 6) is 0.904. The summed E-state index contributed by atoms with van der Waals surface area (Å²) in [6.45, 7) is 11.4. The standard InChI is InChI=1S/C17H26BNO3/c1-12-10-15(11-19-12)20-14-8-6-13(7-9-14)18-21-16(2,3)17(4,5)22-18/h6-9,12,15,19H,10-11H2,1-5H3/t12?,15-/m0/s1. The van der Waals surface area contributed by atoms with E-state index in [1.807, 2.05) is 24.3 Å². The van der Waals surface area contributed by atoms with E-state index < -0.39 is 0 Å². The third-order valence-electron chi connectivity index (χ3n) is 5.02. The Hall–Kier alpha value is -1.04. The molecule has 2 heterocycles. The highest BCUT2D eigenvalue weighted by Crippen LogP contribution is 2.36. The molecule has 0 radical (unpaired) electrons. The van der Waals surface area contributed by atoms with Crippen molar-refractivity contribution in [2.75, 3.05) is 6.54 Å². The van der Waals surface area contributed by atoms with E-state index in [-0.39, 0.29) is 24.4 Å². The number of rotatable bonds is 3. The van der Waals surface area contributed by atoms with Crippen molar-refractivity contribution in [3.05, 3.63) is 24.3 Å². The lowest BCUT2D eigenvalue weighted by molar-refractivity contribution is 0.00578. The molecule has 0 saturated carbocycles. The molecule has 3 rings (SSSR count). The minimum Gasteiger partial charge on any atom is -0.489 e. The van der Waals surface area contributed by atoms with Crippen molar-refractivity contribution < 1.29 is 14.0 Å². The van der Waals surface area contributed by atoms with Crippen molar-refractivity contribution in [3.63, 3.8) is 0 Å². The van der Waals surface area contributed by atoms with Gasteiger partial charge in [0.2, 0.25) is 0 Å². The van der Waals surface area contributed by atoms with Gasteiger partial charge in [0, 0.05) is 19.0 Å². The predicted octanol–water partition coefficient (Wildman–Crippen LogP) is 2.11. The number of hydrogen-bond acceptors (Lipinski definition) is 4. The number of benzene rings is 1. The molecule has 22 heavy (non-hydrogen) atoms. The Morgan fingerprint density at radius 1 is 1.09 bits per heavy atom. The van der Waals surface area contributed by atoms with Crippen LogP contribution in [0.25, 0.3) is 0 Å². The number of nitrogens with one attached hydrogen (secondary N) is 1. The van der Waals surface area contributed by atoms with Gasteiger partial charge in [-0.05, 0) is 52.2 Å². The van der Waals surface area contributed by atoms with Crippen LogP contribution in [-0.2, 0) is 9.31 Å². The molecule has 2 aliphatic heterocycles. The Morgan fingerprint density at radius 2 is 1.68 bits per heavy atom. The van der Waals surface area contributed by atoms with E-state index in [4.69, 9.17) is 14.0 Å². The molecule has 1 aromatic carbocycles. The van der Waals surface area contributed by atoms with Crippen LogP contribution in [0.5, 0.6) is 5.75 Å². The van der Waals surface area contributed by atoms with Crippen molar-refractivity contribution in [3.8, 4) is 5.75 Å². The molecule has 2 fully saturated rings. The maximum Gasteiger partial charge on any atom is 0.494 e. The quantitative estimate of drug-likeness (QED) is 0.868. The molecule has 1 aromatic rings. The Morgan fingerprint density at radius 3 is 2.18 bits per heavy atom. The van der Waals surface area contributed by atoms with E-state index in [2.05, 4.69) is 39.9 Å². The Balaban J connectivity index is 1.65. The average Bonchev–Trinajstić information content (AvgIpc) is 2.92. The maximum absolute atomic E-state index is 6.06. The fraction of sp³-hybridized carbons (Fsp3) is 0.647. The molecule has 120 valence electrons. The Kier molecular flexibility index (Phi) is 4.00. The molecule has 2 saturated heterocycles. The van der Waals surface area contributed by atoms with E-state index in [1.165, 1.54) is 0 Å². The smallest absolute Gasteiger partial charge is 0.489 e. The first kappa shape index (κ1) is 15.8. The van der Waals surface area contributed by atoms with E-state index in [1.54, 1.807) is 0 Å². The highest BCUT2D eigenvalue weighted by molar-refractivity contribution is 6.62. The summed E-state index contributed by atoms with van der Waals surface area (Å²) in [5, 5.41) is 3.40. The van der Waals surface area contributed by atoms with Crippen molar-refractivity contribution in [1.82, 2.24) is 5.32 Å². The van der Waals surface area contributed by atoms with Crippen LogP contribution in [0.15, 0.2) is 24.3 Å². The van der Waals surface area contributed by atoms with Crippen molar-refractivity contribution in [2.45, 2.75) is 64.4 Å². The van der Waals surface area contributed by atoms with Gasteiger partial charge in [0.25, 0.3) is 0 Å². The van der Waals surface area contributed by atoms with Crippen LogP contribution < -0.4 is 15.5 Å². The first-order chi connectivity index (χ1) is 10.3. The third-order valence-corrected chi connectivity index (χ3v) is 5.02. The lowest BCUT2D eigenvalue weighted by Gasteiger charge is -2.32. The van der Waals surface area contributed by atoms with Crippen molar-refractivity contribution >= 4 is 12.6 Å². The zero-order chi connectivity index (χ0) is 16.0. The number of ether oxygens (including phenoxy) is 1. The van der Waals surface area contributed by atoms with Gasteiger partial charge in [0.15, 0.2) is 0 Å². The molecule has 2 aliphatic rings. The van der Waals surface area contributed by atoms with Crippen molar-refractivity contribution in [1.29, 1.82) is 0 Å². The second-order valence-electron chi connectivity index (χ2n) is 7.44. The van der Waals surface area contributed by atoms with E-state index >= 15 is 0 Å². The van der Waals surface area contributed by atoms with Crippen LogP contribution in [0, 0.1) is 0 Å². The van der Waals surface area contributed by atoms with E-state index in [0.717, 1.165) is 24.2 Å².